The summed E-state index contributed by atoms with van der Waals surface area (Å²) in [5.41, 5.74) is 0.879. The Morgan fingerprint density at radius 3 is 2.64 bits per heavy atom. The Labute approximate surface area is 241 Å². The fraction of sp³-hybridized carbons (Fsp3) is 0.571. The molecule has 3 aliphatic rings. The van der Waals surface area contributed by atoms with E-state index < -0.39 is 48.6 Å². The lowest BCUT2D eigenvalue weighted by Crippen LogP contribution is -2.51. The first kappa shape index (κ1) is 30.0. The molecule has 10 nitrogen and oxygen atoms in total. The summed E-state index contributed by atoms with van der Waals surface area (Å²) in [4.78, 5) is 40.0. The molecule has 3 saturated heterocycles. The molecule has 1 aromatic heterocycles. The summed E-state index contributed by atoms with van der Waals surface area (Å²) in [6.45, 7) is 6.86. The average molecular weight is 594 g/mol. The first-order chi connectivity index (χ1) is 19.9. The molecule has 4 heterocycles. The minimum absolute atomic E-state index is 0.0279. The molecule has 2 N–H and O–H groups in total. The van der Waals surface area contributed by atoms with E-state index in [9.17, 15) is 22.8 Å². The Kier molecular flexibility index (Phi) is 8.56. The van der Waals surface area contributed by atoms with Crippen molar-refractivity contribution in [2.24, 2.45) is 11.8 Å². The van der Waals surface area contributed by atoms with E-state index in [1.54, 1.807) is 6.07 Å². The van der Waals surface area contributed by atoms with Gasteiger partial charge in [0, 0.05) is 63.5 Å². The molecule has 0 spiro atoms. The molecule has 14 heteroatoms. The van der Waals surface area contributed by atoms with Gasteiger partial charge >= 0.3 is 6.18 Å². The van der Waals surface area contributed by atoms with E-state index in [2.05, 4.69) is 25.5 Å². The second kappa shape index (κ2) is 12.0. The monoisotopic (exact) mass is 593 g/mol. The molecule has 1 aromatic carbocycles. The second-order valence-electron chi connectivity index (χ2n) is 11.2. The number of piperazine rings is 1. The van der Waals surface area contributed by atoms with E-state index in [-0.39, 0.29) is 29.1 Å². The number of nitrogens with zero attached hydrogens (tertiary/aromatic N) is 5. The number of hydrogen-bond donors (Lipinski definition) is 2. The molecule has 0 bridgehead atoms. The molecule has 0 saturated carbocycles. The van der Waals surface area contributed by atoms with Crippen LogP contribution in [0.25, 0.3) is 11.3 Å². The van der Waals surface area contributed by atoms with E-state index in [4.69, 9.17) is 4.74 Å². The predicted molar refractivity (Wildman–Crippen MR) is 149 cm³/mol. The van der Waals surface area contributed by atoms with Crippen LogP contribution in [0, 0.1) is 17.7 Å². The normalized spacial score (nSPS) is 25.7. The number of aromatic nitrogens is 2. The largest absolute Gasteiger partial charge is 0.393 e. The predicted octanol–water partition coefficient (Wildman–Crippen LogP) is 2.90. The van der Waals surface area contributed by atoms with Crippen molar-refractivity contribution in [3.8, 4) is 11.3 Å². The maximum Gasteiger partial charge on any atom is 0.393 e. The first-order valence-corrected chi connectivity index (χ1v) is 14.0. The van der Waals surface area contributed by atoms with Crippen LogP contribution in [0.3, 0.4) is 0 Å². The molecule has 0 radical (unpaired) electrons. The Hall–Kier alpha value is -3.52. The van der Waals surface area contributed by atoms with Crippen molar-refractivity contribution in [3.05, 3.63) is 30.2 Å². The summed E-state index contributed by atoms with van der Waals surface area (Å²) in [5, 5.41) is 5.03. The summed E-state index contributed by atoms with van der Waals surface area (Å²) in [7, 11) is 1.98. The van der Waals surface area contributed by atoms with E-state index >= 15 is 4.39 Å². The third-order valence-electron chi connectivity index (χ3n) is 8.25. The van der Waals surface area contributed by atoms with Crippen molar-refractivity contribution in [2.75, 3.05) is 68.0 Å². The Morgan fingerprint density at radius 1 is 1.14 bits per heavy atom. The van der Waals surface area contributed by atoms with Crippen molar-refractivity contribution in [3.63, 3.8) is 0 Å². The number of carbonyl (C=O) groups is 2. The van der Waals surface area contributed by atoms with Gasteiger partial charge in [-0.25, -0.2) is 14.4 Å². The SMILES string of the molecule is C[C@H]1CN(c2nccc(-c3cc(NC(=O)C4CNC(=O)CC4C(F)(F)F)c(N4CCN(C)[C@@H](C)C4)cc3F)n2)CCO1. The minimum atomic E-state index is -4.74. The van der Waals surface area contributed by atoms with Gasteiger partial charge in [0.25, 0.3) is 0 Å². The molecule has 2 unspecified atom stereocenters. The number of nitrogens with one attached hydrogen (secondary N) is 2. The number of halogens is 4. The number of anilines is 3. The summed E-state index contributed by atoms with van der Waals surface area (Å²) < 4.78 is 62.8. The van der Waals surface area contributed by atoms with Gasteiger partial charge in [-0.3, -0.25) is 9.59 Å². The average Bonchev–Trinajstić information content (AvgIpc) is 2.95. The molecular weight excluding hydrogens is 558 g/mol. The van der Waals surface area contributed by atoms with Gasteiger partial charge in [-0.05, 0) is 39.1 Å². The Balaban J connectivity index is 1.51. The van der Waals surface area contributed by atoms with Crippen molar-refractivity contribution in [2.45, 2.75) is 38.6 Å². The summed E-state index contributed by atoms with van der Waals surface area (Å²) in [6, 6.07) is 4.38. The van der Waals surface area contributed by atoms with E-state index in [0.29, 0.717) is 51.0 Å². The summed E-state index contributed by atoms with van der Waals surface area (Å²) >= 11 is 0. The maximum atomic E-state index is 15.8. The first-order valence-electron chi connectivity index (χ1n) is 14.0. The van der Waals surface area contributed by atoms with Crippen LogP contribution in [-0.2, 0) is 14.3 Å². The highest BCUT2D eigenvalue weighted by Gasteiger charge is 2.50. The van der Waals surface area contributed by atoms with E-state index in [0.717, 1.165) is 0 Å². The number of morpholine rings is 1. The number of ether oxygens (including phenoxy) is 1. The molecule has 2 amide bonds. The van der Waals surface area contributed by atoms with E-state index in [1.807, 2.05) is 30.7 Å². The summed E-state index contributed by atoms with van der Waals surface area (Å²) in [5.74, 6) is -5.51. The third-order valence-corrected chi connectivity index (χ3v) is 8.25. The Morgan fingerprint density at radius 2 is 1.93 bits per heavy atom. The van der Waals surface area contributed by atoms with Gasteiger partial charge in [-0.15, -0.1) is 0 Å². The zero-order valence-corrected chi connectivity index (χ0v) is 23.7. The lowest BCUT2D eigenvalue weighted by Gasteiger charge is -2.40. The number of piperidine rings is 1. The van der Waals surface area contributed by atoms with Crippen LogP contribution in [-0.4, -0.2) is 97.9 Å². The molecular formula is C28H35F4N7O3. The van der Waals surface area contributed by atoms with Crippen LogP contribution in [0.5, 0.6) is 0 Å². The highest BCUT2D eigenvalue weighted by Crippen LogP contribution is 2.39. The molecule has 3 aliphatic heterocycles. The van der Waals surface area contributed by atoms with Crippen molar-refractivity contribution in [1.82, 2.24) is 20.2 Å². The molecule has 3 fully saturated rings. The highest BCUT2D eigenvalue weighted by atomic mass is 19.4. The van der Waals surface area contributed by atoms with Crippen molar-refractivity contribution < 1.29 is 31.9 Å². The quantitative estimate of drug-likeness (QED) is 0.511. The second-order valence-corrected chi connectivity index (χ2v) is 11.2. The third kappa shape index (κ3) is 6.43. The molecule has 5 rings (SSSR count). The van der Waals surface area contributed by atoms with Crippen LogP contribution in [0.15, 0.2) is 24.4 Å². The van der Waals surface area contributed by atoms with Gasteiger partial charge in [-0.2, -0.15) is 13.2 Å². The summed E-state index contributed by atoms with van der Waals surface area (Å²) in [6.07, 6.45) is -4.08. The lowest BCUT2D eigenvalue weighted by atomic mass is 9.84. The number of carbonyl (C=O) groups excluding carboxylic acids is 2. The number of benzene rings is 1. The number of likely N-dealkylation sites (N-methyl/N-ethyl adjacent to an activating group) is 1. The standard InChI is InChI=1S/C28H35F4N7O3/c1-16-14-38(7-6-37(16)3)24-12-21(29)18(22-4-5-33-27(36-22)39-8-9-42-17(2)15-39)10-23(24)35-26(41)19-13-34-25(40)11-20(19)28(30,31)32/h4-5,10,12,16-17,19-20H,6-9,11,13-15H2,1-3H3,(H,34,40)(H,35,41)/t16-,17-,19?,20?/m0/s1. The topological polar surface area (TPSA) is 103 Å². The number of hydrogen-bond acceptors (Lipinski definition) is 8. The highest BCUT2D eigenvalue weighted by molar-refractivity contribution is 5.98. The van der Waals surface area contributed by atoms with Crippen molar-refractivity contribution in [1.29, 1.82) is 0 Å². The van der Waals surface area contributed by atoms with Gasteiger partial charge in [-0.1, -0.05) is 0 Å². The molecule has 228 valence electrons. The minimum Gasteiger partial charge on any atom is -0.375 e. The van der Waals surface area contributed by atoms with Crippen LogP contribution in [0.1, 0.15) is 20.3 Å². The van der Waals surface area contributed by atoms with Crippen LogP contribution < -0.4 is 20.4 Å². The van der Waals surface area contributed by atoms with Crippen LogP contribution >= 0.6 is 0 Å². The zero-order valence-electron chi connectivity index (χ0n) is 23.7. The molecule has 2 aromatic rings. The lowest BCUT2D eigenvalue weighted by molar-refractivity contribution is -0.197. The van der Waals surface area contributed by atoms with Crippen LogP contribution in [0.2, 0.25) is 0 Å². The maximum absolute atomic E-state index is 15.8. The van der Waals surface area contributed by atoms with Gasteiger partial charge in [0.15, 0.2) is 0 Å². The van der Waals surface area contributed by atoms with Gasteiger partial charge in [0.1, 0.15) is 5.82 Å². The molecule has 42 heavy (non-hydrogen) atoms. The smallest absolute Gasteiger partial charge is 0.375 e. The number of rotatable bonds is 5. The number of amides is 2. The fourth-order valence-corrected chi connectivity index (χ4v) is 5.66. The zero-order chi connectivity index (χ0) is 30.2. The van der Waals surface area contributed by atoms with Gasteiger partial charge < -0.3 is 30.1 Å². The van der Waals surface area contributed by atoms with Crippen LogP contribution in [0.4, 0.5) is 34.9 Å². The van der Waals surface area contributed by atoms with Gasteiger partial charge in [0.05, 0.1) is 41.6 Å². The number of alkyl halides is 3. The fourth-order valence-electron chi connectivity index (χ4n) is 5.66. The van der Waals surface area contributed by atoms with Crippen molar-refractivity contribution >= 4 is 29.1 Å². The molecule has 4 atom stereocenters. The van der Waals surface area contributed by atoms with E-state index in [1.165, 1.54) is 18.3 Å². The van der Waals surface area contributed by atoms with Gasteiger partial charge in [0.2, 0.25) is 17.8 Å². The Bertz CT molecular complexity index is 1330. The molecule has 0 aliphatic carbocycles.